The lowest BCUT2D eigenvalue weighted by molar-refractivity contribution is -0.384. The first-order valence-corrected chi connectivity index (χ1v) is 6.60. The summed E-state index contributed by atoms with van der Waals surface area (Å²) >= 11 is 0. The lowest BCUT2D eigenvalue weighted by Crippen LogP contribution is -2.15. The van der Waals surface area contributed by atoms with Crippen LogP contribution in [0.5, 0.6) is 0 Å². The Labute approximate surface area is 111 Å². The van der Waals surface area contributed by atoms with Crippen molar-refractivity contribution in [1.29, 1.82) is 0 Å². The molecule has 2 aliphatic rings. The summed E-state index contributed by atoms with van der Waals surface area (Å²) in [6.45, 7) is -0.154. The number of nitro groups is 1. The molecule has 2 aliphatic carbocycles. The highest BCUT2D eigenvalue weighted by molar-refractivity contribution is 5.92. The van der Waals surface area contributed by atoms with Gasteiger partial charge in [0, 0.05) is 29.7 Å². The number of nitrogens with zero attached hydrogens (tertiary/aromatic N) is 2. The summed E-state index contributed by atoms with van der Waals surface area (Å²) in [4.78, 5) is 14.8. The highest BCUT2D eigenvalue weighted by Crippen LogP contribution is 2.38. The molecule has 19 heavy (non-hydrogen) atoms. The van der Waals surface area contributed by atoms with Gasteiger partial charge in [-0.25, -0.2) is 0 Å². The molecule has 100 valence electrons. The van der Waals surface area contributed by atoms with Crippen molar-refractivity contribution in [2.45, 2.75) is 25.7 Å². The Balaban J connectivity index is 1.99. The van der Waals surface area contributed by atoms with E-state index in [4.69, 9.17) is 5.11 Å². The van der Waals surface area contributed by atoms with Crippen LogP contribution >= 0.6 is 0 Å². The topological polar surface area (TPSA) is 75.7 Å². The Morgan fingerprint density at radius 2 is 1.95 bits per heavy atom. The summed E-state index contributed by atoms with van der Waals surface area (Å²) < 4.78 is 0. The number of aliphatic imine (C=N–C) groups is 1. The van der Waals surface area contributed by atoms with E-state index in [0.717, 1.165) is 37.0 Å². The minimum absolute atomic E-state index is 0.154. The Hall–Kier alpha value is -1.75. The van der Waals surface area contributed by atoms with Crippen LogP contribution in [0.3, 0.4) is 0 Å². The molecule has 0 aliphatic heterocycles. The molecule has 2 unspecified atom stereocenters. The van der Waals surface area contributed by atoms with Crippen molar-refractivity contribution in [2.24, 2.45) is 16.8 Å². The fourth-order valence-corrected chi connectivity index (χ4v) is 3.43. The number of benzene rings is 1. The van der Waals surface area contributed by atoms with Crippen LogP contribution in [0, 0.1) is 22.0 Å². The van der Waals surface area contributed by atoms with E-state index in [-0.39, 0.29) is 17.3 Å². The molecule has 0 heterocycles. The monoisotopic (exact) mass is 260 g/mol. The number of fused-ring (bicyclic) bond motifs is 3. The first-order chi connectivity index (χ1) is 9.19. The predicted octanol–water partition coefficient (Wildman–Crippen LogP) is 2.11. The minimum Gasteiger partial charge on any atom is -0.375 e. The third-order valence-electron chi connectivity index (χ3n) is 4.29. The molecule has 0 spiro atoms. The molecular formula is C14H16N2O3. The maximum Gasteiger partial charge on any atom is 0.269 e. The SMILES string of the molecule is O=[N+]([O-])c1ccc2c(c1)CC1CCC(C2)C1=NCO. The van der Waals surface area contributed by atoms with E-state index in [9.17, 15) is 10.1 Å². The number of rotatable bonds is 2. The Morgan fingerprint density at radius 1 is 1.26 bits per heavy atom. The average molecular weight is 260 g/mol. The van der Waals surface area contributed by atoms with Gasteiger partial charge in [0.15, 0.2) is 0 Å². The summed E-state index contributed by atoms with van der Waals surface area (Å²) in [5, 5.41) is 19.9. The molecule has 1 N–H and O–H groups in total. The molecule has 0 radical (unpaired) electrons. The Morgan fingerprint density at radius 3 is 2.58 bits per heavy atom. The van der Waals surface area contributed by atoms with Crippen molar-refractivity contribution in [3.63, 3.8) is 0 Å². The number of hydrogen-bond donors (Lipinski definition) is 1. The summed E-state index contributed by atoms with van der Waals surface area (Å²) in [5.41, 5.74) is 3.55. The van der Waals surface area contributed by atoms with Gasteiger partial charge in [-0.2, -0.15) is 0 Å². The van der Waals surface area contributed by atoms with Gasteiger partial charge in [-0.1, -0.05) is 6.07 Å². The lowest BCUT2D eigenvalue weighted by atomic mass is 9.93. The van der Waals surface area contributed by atoms with Gasteiger partial charge < -0.3 is 5.11 Å². The maximum atomic E-state index is 10.8. The molecule has 3 rings (SSSR count). The zero-order valence-electron chi connectivity index (χ0n) is 10.6. The lowest BCUT2D eigenvalue weighted by Gasteiger charge is -2.11. The zero-order chi connectivity index (χ0) is 13.4. The predicted molar refractivity (Wildman–Crippen MR) is 71.2 cm³/mol. The zero-order valence-corrected chi connectivity index (χ0v) is 10.6. The van der Waals surface area contributed by atoms with Crippen molar-refractivity contribution < 1.29 is 10.0 Å². The molecule has 1 saturated carbocycles. The summed E-state index contributed by atoms with van der Waals surface area (Å²) in [6, 6.07) is 5.16. The number of aliphatic hydroxyl groups excluding tert-OH is 1. The van der Waals surface area contributed by atoms with Gasteiger partial charge in [0.25, 0.3) is 5.69 Å². The third-order valence-corrected chi connectivity index (χ3v) is 4.29. The van der Waals surface area contributed by atoms with Crippen molar-refractivity contribution in [2.75, 3.05) is 6.73 Å². The first-order valence-electron chi connectivity index (χ1n) is 6.60. The van der Waals surface area contributed by atoms with E-state index in [0.29, 0.717) is 11.8 Å². The van der Waals surface area contributed by atoms with Crippen LogP contribution in [-0.2, 0) is 12.8 Å². The number of non-ortho nitro benzene ring substituents is 1. The van der Waals surface area contributed by atoms with Gasteiger partial charge in [0.1, 0.15) is 6.73 Å². The van der Waals surface area contributed by atoms with Crippen molar-refractivity contribution in [3.05, 3.63) is 39.4 Å². The summed E-state index contributed by atoms with van der Waals surface area (Å²) in [6.07, 6.45) is 3.89. The normalized spacial score (nSPS) is 27.1. The molecule has 5 heteroatoms. The number of aliphatic hydroxyl groups is 1. The number of nitro benzene ring substituents is 1. The van der Waals surface area contributed by atoms with Crippen molar-refractivity contribution in [1.82, 2.24) is 0 Å². The molecule has 1 aromatic rings. The second-order valence-corrected chi connectivity index (χ2v) is 5.31. The fraction of sp³-hybridized carbons (Fsp3) is 0.500. The van der Waals surface area contributed by atoms with Gasteiger partial charge in [-0.3, -0.25) is 15.1 Å². The van der Waals surface area contributed by atoms with Crippen LogP contribution in [0.15, 0.2) is 23.2 Å². The molecule has 1 fully saturated rings. The highest BCUT2D eigenvalue weighted by Gasteiger charge is 2.35. The van der Waals surface area contributed by atoms with Crippen molar-refractivity contribution >= 4 is 11.4 Å². The molecular weight excluding hydrogens is 244 g/mol. The van der Waals surface area contributed by atoms with Gasteiger partial charge in [0.2, 0.25) is 0 Å². The van der Waals surface area contributed by atoms with Crippen LogP contribution in [0.25, 0.3) is 0 Å². The molecule has 2 atom stereocenters. The second-order valence-electron chi connectivity index (χ2n) is 5.31. The molecule has 2 bridgehead atoms. The van der Waals surface area contributed by atoms with E-state index < -0.39 is 0 Å². The van der Waals surface area contributed by atoms with E-state index in [2.05, 4.69) is 4.99 Å². The highest BCUT2D eigenvalue weighted by atomic mass is 16.6. The molecule has 5 nitrogen and oxygen atoms in total. The molecule has 1 aromatic carbocycles. The van der Waals surface area contributed by atoms with Gasteiger partial charge in [-0.15, -0.1) is 0 Å². The average Bonchev–Trinajstić information content (AvgIpc) is 2.66. The molecule has 0 aromatic heterocycles. The van der Waals surface area contributed by atoms with Crippen LogP contribution in [0.2, 0.25) is 0 Å². The van der Waals surface area contributed by atoms with Crippen molar-refractivity contribution in [3.8, 4) is 0 Å². The fourth-order valence-electron chi connectivity index (χ4n) is 3.43. The van der Waals surface area contributed by atoms with Crippen LogP contribution < -0.4 is 0 Å². The Bertz CT molecular complexity index is 554. The largest absolute Gasteiger partial charge is 0.375 e. The number of hydrogen-bond acceptors (Lipinski definition) is 4. The van der Waals surface area contributed by atoms with E-state index in [1.807, 2.05) is 6.07 Å². The summed E-state index contributed by atoms with van der Waals surface area (Å²) in [5.74, 6) is 0.750. The quantitative estimate of drug-likeness (QED) is 0.653. The summed E-state index contributed by atoms with van der Waals surface area (Å²) in [7, 11) is 0. The van der Waals surface area contributed by atoms with Gasteiger partial charge in [-0.05, 0) is 36.8 Å². The minimum atomic E-state index is -0.341. The van der Waals surface area contributed by atoms with E-state index in [1.54, 1.807) is 12.1 Å². The van der Waals surface area contributed by atoms with E-state index >= 15 is 0 Å². The molecule has 0 saturated heterocycles. The van der Waals surface area contributed by atoms with Crippen LogP contribution in [0.4, 0.5) is 5.69 Å². The Kier molecular flexibility index (Phi) is 3.06. The molecule has 0 amide bonds. The third kappa shape index (κ3) is 2.14. The second kappa shape index (κ2) is 4.74. The maximum absolute atomic E-state index is 10.8. The van der Waals surface area contributed by atoms with Crippen LogP contribution in [0.1, 0.15) is 24.0 Å². The van der Waals surface area contributed by atoms with Gasteiger partial charge >= 0.3 is 0 Å². The van der Waals surface area contributed by atoms with Crippen LogP contribution in [-0.4, -0.2) is 22.5 Å². The van der Waals surface area contributed by atoms with Gasteiger partial charge in [0.05, 0.1) is 4.92 Å². The first kappa shape index (κ1) is 12.3. The van der Waals surface area contributed by atoms with E-state index in [1.165, 1.54) is 5.56 Å². The standard InChI is InChI=1S/C14H16N2O3/c17-8-15-14-10-1-2-11(14)6-12-7-13(16(18)19)4-3-9(12)5-10/h3-4,7,10-11,17H,1-2,5-6,8H2. The smallest absolute Gasteiger partial charge is 0.269 e.